The van der Waals surface area contributed by atoms with Crippen LogP contribution in [-0.4, -0.2) is 48.7 Å². The van der Waals surface area contributed by atoms with Gasteiger partial charge in [0, 0.05) is 18.2 Å². The summed E-state index contributed by atoms with van der Waals surface area (Å²) in [5.41, 5.74) is -0.258. The number of methoxy groups -OCH3 is 2. The molecular weight excluding hydrogens is 298 g/mol. The quantitative estimate of drug-likeness (QED) is 0.780. The average Bonchev–Trinajstić information content (AvgIpc) is 2.52. The number of rotatable bonds is 7. The number of carboxylic acids is 1. The lowest BCUT2D eigenvalue weighted by Gasteiger charge is -2.31. The summed E-state index contributed by atoms with van der Waals surface area (Å²) in [7, 11) is 4.46. The van der Waals surface area contributed by atoms with Crippen molar-refractivity contribution in [1.29, 1.82) is 0 Å². The van der Waals surface area contributed by atoms with Gasteiger partial charge in [0.25, 0.3) is 5.91 Å². The summed E-state index contributed by atoms with van der Waals surface area (Å²) in [5.74, 6) is -0.551. The molecule has 1 amide bonds. The summed E-state index contributed by atoms with van der Waals surface area (Å²) in [6, 6.07) is 3.21. The number of allylic oxidation sites excluding steroid dienone is 1. The summed E-state index contributed by atoms with van der Waals surface area (Å²) in [6.07, 6.45) is 2.18. The van der Waals surface area contributed by atoms with Crippen molar-refractivity contribution >= 4 is 11.9 Å². The Balaban J connectivity index is 3.37. The van der Waals surface area contributed by atoms with Gasteiger partial charge in [0.2, 0.25) is 0 Å². The number of amides is 1. The Labute approximate surface area is 136 Å². The van der Waals surface area contributed by atoms with Gasteiger partial charge in [-0.15, -0.1) is 6.58 Å². The van der Waals surface area contributed by atoms with Crippen LogP contribution in [0.5, 0.6) is 11.5 Å². The molecule has 0 saturated heterocycles. The Hall–Kier alpha value is -2.50. The monoisotopic (exact) mass is 321 g/mol. The van der Waals surface area contributed by atoms with E-state index >= 15 is 0 Å². The van der Waals surface area contributed by atoms with E-state index in [1.54, 1.807) is 18.2 Å². The summed E-state index contributed by atoms with van der Waals surface area (Å²) >= 11 is 0. The summed E-state index contributed by atoms with van der Waals surface area (Å²) in [4.78, 5) is 25.2. The molecule has 23 heavy (non-hydrogen) atoms. The van der Waals surface area contributed by atoms with E-state index in [0.29, 0.717) is 23.5 Å². The molecule has 0 heterocycles. The Morgan fingerprint density at radius 1 is 1.30 bits per heavy atom. The fraction of sp³-hybridized carbons (Fsp3) is 0.412. The van der Waals surface area contributed by atoms with Crippen LogP contribution in [0.2, 0.25) is 0 Å². The average molecular weight is 321 g/mol. The van der Waals surface area contributed by atoms with Gasteiger partial charge in [-0.1, -0.05) is 6.08 Å². The van der Waals surface area contributed by atoms with Crippen molar-refractivity contribution in [2.75, 3.05) is 21.3 Å². The molecule has 126 valence electrons. The van der Waals surface area contributed by atoms with Crippen LogP contribution in [0, 0.1) is 0 Å². The Bertz CT molecular complexity index is 622. The third kappa shape index (κ3) is 3.64. The topological polar surface area (TPSA) is 76.1 Å². The molecule has 1 aromatic carbocycles. The maximum atomic E-state index is 12.7. The SMILES string of the molecule is C=CCc1cc(C(=O)N(C)C(C)(C)C(=O)O)cc(OC)c1OC. The highest BCUT2D eigenvalue weighted by Crippen LogP contribution is 2.34. The second-order valence-electron chi connectivity index (χ2n) is 5.59. The van der Waals surface area contributed by atoms with Gasteiger partial charge in [-0.2, -0.15) is 0 Å². The molecule has 0 aromatic heterocycles. The van der Waals surface area contributed by atoms with E-state index in [1.807, 2.05) is 0 Å². The number of carboxylic acid groups (broad SMARTS) is 1. The van der Waals surface area contributed by atoms with E-state index in [9.17, 15) is 14.7 Å². The molecule has 0 unspecified atom stereocenters. The molecule has 0 atom stereocenters. The Morgan fingerprint density at radius 3 is 2.35 bits per heavy atom. The van der Waals surface area contributed by atoms with Gasteiger partial charge in [-0.25, -0.2) is 4.79 Å². The number of carbonyl (C=O) groups is 2. The van der Waals surface area contributed by atoms with Crippen LogP contribution in [0.25, 0.3) is 0 Å². The van der Waals surface area contributed by atoms with Crippen LogP contribution >= 0.6 is 0 Å². The number of benzene rings is 1. The predicted molar refractivity (Wildman–Crippen MR) is 87.3 cm³/mol. The minimum Gasteiger partial charge on any atom is -0.493 e. The molecule has 0 spiro atoms. The van der Waals surface area contributed by atoms with Gasteiger partial charge in [0.1, 0.15) is 5.54 Å². The number of likely N-dealkylation sites (N-methyl/N-ethyl adjacent to an activating group) is 1. The molecule has 0 saturated carbocycles. The van der Waals surface area contributed by atoms with Crippen molar-refractivity contribution < 1.29 is 24.2 Å². The molecular formula is C17H23NO5. The van der Waals surface area contributed by atoms with E-state index in [-0.39, 0.29) is 0 Å². The molecule has 0 bridgehead atoms. The summed E-state index contributed by atoms with van der Waals surface area (Å²) in [5, 5.41) is 9.28. The van der Waals surface area contributed by atoms with Gasteiger partial charge in [-0.05, 0) is 32.4 Å². The Morgan fingerprint density at radius 2 is 1.91 bits per heavy atom. The first-order valence-electron chi connectivity index (χ1n) is 7.08. The van der Waals surface area contributed by atoms with Crippen molar-refractivity contribution in [3.63, 3.8) is 0 Å². The van der Waals surface area contributed by atoms with Gasteiger partial charge in [0.05, 0.1) is 14.2 Å². The highest BCUT2D eigenvalue weighted by atomic mass is 16.5. The number of ether oxygens (including phenoxy) is 2. The van der Waals surface area contributed by atoms with Gasteiger partial charge >= 0.3 is 5.97 Å². The molecule has 0 aliphatic rings. The van der Waals surface area contributed by atoms with Crippen LogP contribution in [0.3, 0.4) is 0 Å². The minimum absolute atomic E-state index is 0.330. The van der Waals surface area contributed by atoms with Crippen molar-refractivity contribution in [3.05, 3.63) is 35.9 Å². The normalized spacial score (nSPS) is 10.8. The number of hydrogen-bond donors (Lipinski definition) is 1. The zero-order valence-corrected chi connectivity index (χ0v) is 14.2. The fourth-order valence-corrected chi connectivity index (χ4v) is 2.06. The van der Waals surface area contributed by atoms with Crippen molar-refractivity contribution in [3.8, 4) is 11.5 Å². The maximum absolute atomic E-state index is 12.7. The van der Waals surface area contributed by atoms with Crippen LogP contribution in [0.15, 0.2) is 24.8 Å². The van der Waals surface area contributed by atoms with E-state index in [0.717, 1.165) is 5.56 Å². The van der Waals surface area contributed by atoms with Crippen LogP contribution in [-0.2, 0) is 11.2 Å². The fourth-order valence-electron chi connectivity index (χ4n) is 2.06. The molecule has 0 aliphatic heterocycles. The highest BCUT2D eigenvalue weighted by Gasteiger charge is 2.36. The van der Waals surface area contributed by atoms with Crippen molar-refractivity contribution in [1.82, 2.24) is 4.90 Å². The van der Waals surface area contributed by atoms with Crippen LogP contribution in [0.1, 0.15) is 29.8 Å². The van der Waals surface area contributed by atoms with Crippen molar-refractivity contribution in [2.45, 2.75) is 25.8 Å². The predicted octanol–water partition coefficient (Wildman–Crippen LogP) is 2.37. The van der Waals surface area contributed by atoms with Gasteiger partial charge in [-0.3, -0.25) is 4.79 Å². The lowest BCUT2D eigenvalue weighted by atomic mass is 10.0. The smallest absolute Gasteiger partial charge is 0.329 e. The van der Waals surface area contributed by atoms with Gasteiger partial charge in [0.15, 0.2) is 11.5 Å². The third-order valence-electron chi connectivity index (χ3n) is 3.83. The first-order valence-corrected chi connectivity index (χ1v) is 7.08. The lowest BCUT2D eigenvalue weighted by molar-refractivity contribution is -0.147. The zero-order chi connectivity index (χ0) is 17.8. The van der Waals surface area contributed by atoms with E-state index < -0.39 is 17.4 Å². The van der Waals surface area contributed by atoms with Crippen molar-refractivity contribution in [2.24, 2.45) is 0 Å². The second kappa shape index (κ2) is 7.17. The number of hydrogen-bond acceptors (Lipinski definition) is 4. The standard InChI is InChI=1S/C17H23NO5/c1-7-8-11-9-12(10-13(22-5)14(11)23-6)15(19)18(4)17(2,3)16(20)21/h7,9-10H,1,8H2,2-6H3,(H,20,21). The van der Waals surface area contributed by atoms with E-state index in [2.05, 4.69) is 6.58 Å². The summed E-state index contributed by atoms with van der Waals surface area (Å²) < 4.78 is 10.6. The molecule has 0 fully saturated rings. The van der Waals surface area contributed by atoms with Crippen LogP contribution in [0.4, 0.5) is 0 Å². The highest BCUT2D eigenvalue weighted by molar-refractivity contribution is 5.98. The van der Waals surface area contributed by atoms with E-state index in [1.165, 1.54) is 40.0 Å². The molecule has 1 rings (SSSR count). The second-order valence-corrected chi connectivity index (χ2v) is 5.59. The molecule has 1 aromatic rings. The molecule has 6 heteroatoms. The largest absolute Gasteiger partial charge is 0.493 e. The number of aliphatic carboxylic acids is 1. The first kappa shape index (κ1) is 18.5. The van der Waals surface area contributed by atoms with Gasteiger partial charge < -0.3 is 19.5 Å². The minimum atomic E-state index is -1.33. The molecule has 6 nitrogen and oxygen atoms in total. The maximum Gasteiger partial charge on any atom is 0.329 e. The summed E-state index contributed by atoms with van der Waals surface area (Å²) in [6.45, 7) is 6.63. The molecule has 0 aliphatic carbocycles. The lowest BCUT2D eigenvalue weighted by Crippen LogP contribution is -2.50. The molecule has 1 N–H and O–H groups in total. The Kier molecular flexibility index (Phi) is 5.79. The third-order valence-corrected chi connectivity index (χ3v) is 3.83. The molecule has 0 radical (unpaired) electrons. The first-order chi connectivity index (χ1) is 10.7. The van der Waals surface area contributed by atoms with Crippen LogP contribution < -0.4 is 9.47 Å². The number of nitrogens with zero attached hydrogens (tertiary/aromatic N) is 1. The number of carbonyl (C=O) groups excluding carboxylic acids is 1. The van der Waals surface area contributed by atoms with E-state index in [4.69, 9.17) is 9.47 Å². The zero-order valence-electron chi connectivity index (χ0n) is 14.2.